The van der Waals surface area contributed by atoms with Gasteiger partial charge in [-0.1, -0.05) is 18.2 Å². The lowest BCUT2D eigenvalue weighted by atomic mass is 10.0. The molecule has 3 aromatic heterocycles. The van der Waals surface area contributed by atoms with Crippen LogP contribution < -0.4 is 10.1 Å². The number of pyridine rings is 2. The number of rotatable bonds is 5. The van der Waals surface area contributed by atoms with Gasteiger partial charge in [-0.2, -0.15) is 0 Å². The van der Waals surface area contributed by atoms with Crippen molar-refractivity contribution in [2.24, 2.45) is 0 Å². The number of nitrogens with one attached hydrogen (secondary N) is 1. The first kappa shape index (κ1) is 19.7. The number of hydrogen-bond donors (Lipinski definition) is 1. The molecule has 30 heavy (non-hydrogen) atoms. The first-order valence-electron chi connectivity index (χ1n) is 9.05. The fourth-order valence-electron chi connectivity index (χ4n) is 2.95. The lowest BCUT2D eigenvalue weighted by molar-refractivity contribution is 0.102. The zero-order valence-electron chi connectivity index (χ0n) is 16.2. The van der Waals surface area contributed by atoms with Crippen molar-refractivity contribution < 1.29 is 13.9 Å². The number of nitrogens with zero attached hydrogens (tertiary/aromatic N) is 3. The first-order chi connectivity index (χ1) is 14.6. The Morgan fingerprint density at radius 1 is 1.07 bits per heavy atom. The summed E-state index contributed by atoms with van der Waals surface area (Å²) < 4.78 is 19.2. The van der Waals surface area contributed by atoms with Gasteiger partial charge in [0.05, 0.1) is 24.1 Å². The van der Waals surface area contributed by atoms with Crippen LogP contribution in [0.25, 0.3) is 22.6 Å². The lowest BCUT2D eigenvalue weighted by Crippen LogP contribution is -2.14. The van der Waals surface area contributed by atoms with Crippen molar-refractivity contribution in [1.82, 2.24) is 15.0 Å². The van der Waals surface area contributed by atoms with E-state index < -0.39 is 0 Å². The topological polar surface area (TPSA) is 77.0 Å². The molecule has 0 aliphatic carbocycles. The van der Waals surface area contributed by atoms with Gasteiger partial charge in [0.15, 0.2) is 5.13 Å². The van der Waals surface area contributed by atoms with E-state index in [0.717, 1.165) is 0 Å². The Labute approximate surface area is 176 Å². The van der Waals surface area contributed by atoms with Crippen molar-refractivity contribution >= 4 is 22.4 Å². The van der Waals surface area contributed by atoms with Crippen LogP contribution in [-0.4, -0.2) is 28.0 Å². The van der Waals surface area contributed by atoms with Crippen LogP contribution in [0.4, 0.5) is 9.52 Å². The van der Waals surface area contributed by atoms with E-state index in [0.29, 0.717) is 44.8 Å². The van der Waals surface area contributed by atoms with Gasteiger partial charge in [-0.25, -0.2) is 14.4 Å². The minimum atomic E-state index is -0.374. The summed E-state index contributed by atoms with van der Waals surface area (Å²) >= 11 is 1.28. The molecule has 0 aliphatic heterocycles. The van der Waals surface area contributed by atoms with Gasteiger partial charge in [0, 0.05) is 23.2 Å². The van der Waals surface area contributed by atoms with Crippen molar-refractivity contribution in [1.29, 1.82) is 0 Å². The van der Waals surface area contributed by atoms with Crippen LogP contribution in [0.5, 0.6) is 5.88 Å². The molecule has 3 heterocycles. The fourth-order valence-corrected chi connectivity index (χ4v) is 3.65. The Bertz CT molecular complexity index is 1230. The molecule has 1 amide bonds. The van der Waals surface area contributed by atoms with Crippen LogP contribution in [0, 0.1) is 12.7 Å². The van der Waals surface area contributed by atoms with E-state index in [1.165, 1.54) is 17.4 Å². The molecule has 8 heteroatoms. The second kappa shape index (κ2) is 8.38. The summed E-state index contributed by atoms with van der Waals surface area (Å²) in [6.07, 6.45) is 1.58. The fraction of sp³-hybridized carbons (Fsp3) is 0.0909. The number of benzene rings is 1. The molecular formula is C22H17FN4O2S. The third kappa shape index (κ3) is 3.90. The van der Waals surface area contributed by atoms with Crippen molar-refractivity contribution in [2.45, 2.75) is 6.92 Å². The summed E-state index contributed by atoms with van der Waals surface area (Å²) in [5, 5.41) is 5.02. The Hall–Kier alpha value is -3.65. The highest BCUT2D eigenvalue weighted by Gasteiger charge is 2.18. The number of methoxy groups -OCH3 is 1. The zero-order chi connectivity index (χ0) is 21.1. The number of ether oxygens (including phenoxy) is 1. The second-order valence-electron chi connectivity index (χ2n) is 6.37. The van der Waals surface area contributed by atoms with Gasteiger partial charge in [0.25, 0.3) is 5.91 Å². The minimum Gasteiger partial charge on any atom is -0.481 e. The van der Waals surface area contributed by atoms with E-state index in [2.05, 4.69) is 20.3 Å². The maximum absolute atomic E-state index is 14.0. The number of aromatic nitrogens is 3. The predicted octanol–water partition coefficient (Wildman–Crippen LogP) is 4.98. The molecular weight excluding hydrogens is 403 g/mol. The summed E-state index contributed by atoms with van der Waals surface area (Å²) in [4.78, 5) is 26.0. The van der Waals surface area contributed by atoms with Crippen LogP contribution in [0.15, 0.2) is 60.1 Å². The molecule has 4 aromatic rings. The largest absolute Gasteiger partial charge is 0.481 e. The molecule has 0 fully saturated rings. The molecule has 0 saturated carbocycles. The standard InChI is InChI=1S/C22H17FN4O2S/c1-13-14(6-3-8-16(13)23)20-15(7-5-11-24-20)21(28)27-22-26-18(12-30-22)17-9-4-10-19(25-17)29-2/h3-12H,1-2H3,(H,26,27,28). The normalized spacial score (nSPS) is 10.6. The molecule has 150 valence electrons. The molecule has 0 bridgehead atoms. The monoisotopic (exact) mass is 420 g/mol. The molecule has 0 saturated heterocycles. The van der Waals surface area contributed by atoms with Gasteiger partial charge in [-0.05, 0) is 36.8 Å². The highest BCUT2D eigenvalue weighted by atomic mass is 32.1. The average molecular weight is 420 g/mol. The maximum Gasteiger partial charge on any atom is 0.259 e. The molecule has 6 nitrogen and oxygen atoms in total. The molecule has 1 aromatic carbocycles. The Morgan fingerprint density at radius 3 is 2.73 bits per heavy atom. The number of thiazole rings is 1. The maximum atomic E-state index is 14.0. The molecule has 0 atom stereocenters. The van der Waals surface area contributed by atoms with Crippen LogP contribution in [0.2, 0.25) is 0 Å². The number of halogens is 1. The third-order valence-corrected chi connectivity index (χ3v) is 5.25. The lowest BCUT2D eigenvalue weighted by Gasteiger charge is -2.10. The van der Waals surface area contributed by atoms with Gasteiger partial charge in [0.1, 0.15) is 11.5 Å². The summed E-state index contributed by atoms with van der Waals surface area (Å²) in [5.74, 6) is -0.238. The van der Waals surface area contributed by atoms with E-state index in [-0.39, 0.29) is 11.7 Å². The van der Waals surface area contributed by atoms with Crippen molar-refractivity contribution in [3.8, 4) is 28.5 Å². The molecule has 1 N–H and O–H groups in total. The number of carbonyl (C=O) groups is 1. The summed E-state index contributed by atoms with van der Waals surface area (Å²) in [6.45, 7) is 1.66. The Kier molecular flexibility index (Phi) is 5.49. The van der Waals surface area contributed by atoms with Crippen LogP contribution in [0.1, 0.15) is 15.9 Å². The number of hydrogen-bond acceptors (Lipinski definition) is 6. The SMILES string of the molecule is COc1cccc(-c2csc(NC(=O)c3cccnc3-c3cccc(F)c3C)n2)n1. The summed E-state index contributed by atoms with van der Waals surface area (Å²) in [6, 6.07) is 13.4. The first-order valence-corrected chi connectivity index (χ1v) is 9.93. The van der Waals surface area contributed by atoms with E-state index in [4.69, 9.17) is 4.74 Å². The smallest absolute Gasteiger partial charge is 0.259 e. The Balaban J connectivity index is 1.61. The van der Waals surface area contributed by atoms with Crippen LogP contribution in [0.3, 0.4) is 0 Å². The highest BCUT2D eigenvalue weighted by Crippen LogP contribution is 2.28. The molecule has 0 unspecified atom stereocenters. The van der Waals surface area contributed by atoms with E-state index in [9.17, 15) is 9.18 Å². The highest BCUT2D eigenvalue weighted by molar-refractivity contribution is 7.14. The van der Waals surface area contributed by atoms with Gasteiger partial charge in [0.2, 0.25) is 5.88 Å². The number of anilines is 1. The van der Waals surface area contributed by atoms with Crippen molar-refractivity contribution in [3.63, 3.8) is 0 Å². The van der Waals surface area contributed by atoms with Crippen LogP contribution in [-0.2, 0) is 0 Å². The predicted molar refractivity (Wildman–Crippen MR) is 114 cm³/mol. The van der Waals surface area contributed by atoms with Gasteiger partial charge < -0.3 is 4.74 Å². The molecule has 4 rings (SSSR count). The van der Waals surface area contributed by atoms with E-state index >= 15 is 0 Å². The Morgan fingerprint density at radius 2 is 1.90 bits per heavy atom. The average Bonchev–Trinajstić information content (AvgIpc) is 3.24. The van der Waals surface area contributed by atoms with Crippen molar-refractivity contribution in [2.75, 3.05) is 12.4 Å². The van der Waals surface area contributed by atoms with Gasteiger partial charge >= 0.3 is 0 Å². The zero-order valence-corrected chi connectivity index (χ0v) is 17.0. The van der Waals surface area contributed by atoms with Crippen molar-refractivity contribution in [3.05, 3.63) is 77.1 Å². The minimum absolute atomic E-state index is 0.336. The van der Waals surface area contributed by atoms with E-state index in [1.807, 2.05) is 12.1 Å². The molecule has 0 radical (unpaired) electrons. The van der Waals surface area contributed by atoms with Gasteiger partial charge in [-0.15, -0.1) is 11.3 Å². The quantitative estimate of drug-likeness (QED) is 0.493. The molecule has 0 spiro atoms. The second-order valence-corrected chi connectivity index (χ2v) is 7.23. The van der Waals surface area contributed by atoms with Gasteiger partial charge in [-0.3, -0.25) is 15.1 Å². The molecule has 0 aliphatic rings. The van der Waals surface area contributed by atoms with Crippen LogP contribution >= 0.6 is 11.3 Å². The number of carbonyl (C=O) groups excluding carboxylic acids is 1. The number of amides is 1. The summed E-state index contributed by atoms with van der Waals surface area (Å²) in [7, 11) is 1.55. The third-order valence-electron chi connectivity index (χ3n) is 4.49. The summed E-state index contributed by atoms with van der Waals surface area (Å²) in [5.41, 5.74) is 3.03. The van der Waals surface area contributed by atoms with E-state index in [1.54, 1.807) is 55.9 Å².